The Balaban J connectivity index is 1.60. The first-order valence-electron chi connectivity index (χ1n) is 12.8. The second kappa shape index (κ2) is 10.5. The third-order valence-electron chi connectivity index (χ3n) is 6.80. The Hall–Kier alpha value is -3.05. The highest BCUT2D eigenvalue weighted by Crippen LogP contribution is 2.45. The Kier molecular flexibility index (Phi) is 7.79. The maximum absolute atomic E-state index is 13.5. The third kappa shape index (κ3) is 5.94. The minimum Gasteiger partial charge on any atom is -0.365 e. The van der Waals surface area contributed by atoms with Crippen LogP contribution in [0.2, 0.25) is 0 Å². The van der Waals surface area contributed by atoms with Gasteiger partial charge in [0, 0.05) is 34.1 Å². The van der Waals surface area contributed by atoms with Crippen LogP contribution in [0.1, 0.15) is 78.3 Å². The number of amides is 2. The topological polar surface area (TPSA) is 122 Å². The summed E-state index contributed by atoms with van der Waals surface area (Å²) in [6, 6.07) is 15.0. The van der Waals surface area contributed by atoms with E-state index in [1.807, 2.05) is 58.0 Å². The van der Waals surface area contributed by atoms with E-state index in [2.05, 4.69) is 24.5 Å². The van der Waals surface area contributed by atoms with Crippen molar-refractivity contribution in [3.63, 3.8) is 0 Å². The van der Waals surface area contributed by atoms with Crippen LogP contribution < -0.4 is 16.4 Å². The van der Waals surface area contributed by atoms with Crippen molar-refractivity contribution in [2.24, 2.45) is 5.73 Å². The molecule has 4 N–H and O–H groups in total. The van der Waals surface area contributed by atoms with Gasteiger partial charge in [0.15, 0.2) is 0 Å². The van der Waals surface area contributed by atoms with E-state index < -0.39 is 27.4 Å². The molecule has 0 saturated carbocycles. The number of carbonyl (C=O) groups excluding carboxylic acids is 2. The summed E-state index contributed by atoms with van der Waals surface area (Å²) in [4.78, 5) is 26.7. The van der Waals surface area contributed by atoms with E-state index in [0.29, 0.717) is 17.0 Å². The molecule has 0 unspecified atom stereocenters. The molecule has 3 aromatic rings. The molecule has 2 heterocycles. The van der Waals surface area contributed by atoms with Crippen molar-refractivity contribution in [2.75, 3.05) is 5.32 Å². The Morgan fingerprint density at radius 1 is 1.05 bits per heavy atom. The van der Waals surface area contributed by atoms with Gasteiger partial charge in [0.1, 0.15) is 5.00 Å². The molecule has 8 nitrogen and oxygen atoms in total. The molecule has 10 heteroatoms. The molecule has 2 amide bonds. The fourth-order valence-corrected chi connectivity index (χ4v) is 8.18. The number of primary amides is 1. The molecule has 0 saturated heterocycles. The van der Waals surface area contributed by atoms with Gasteiger partial charge in [-0.15, -0.1) is 11.3 Å². The molecule has 0 bridgehead atoms. The van der Waals surface area contributed by atoms with Gasteiger partial charge in [0.05, 0.1) is 10.5 Å². The number of hydrogen-bond donors (Lipinski definition) is 3. The van der Waals surface area contributed by atoms with Crippen LogP contribution in [0.15, 0.2) is 59.5 Å². The lowest BCUT2D eigenvalue weighted by Gasteiger charge is -2.42. The average Bonchev–Trinajstić information content (AvgIpc) is 3.20. The van der Waals surface area contributed by atoms with Crippen LogP contribution in [0.5, 0.6) is 0 Å². The maximum atomic E-state index is 13.5. The lowest BCUT2D eigenvalue weighted by atomic mass is 9.81. The van der Waals surface area contributed by atoms with Crippen molar-refractivity contribution < 1.29 is 18.0 Å². The number of benzene rings is 2. The molecule has 208 valence electrons. The number of nitrogens with one attached hydrogen (secondary N) is 2. The van der Waals surface area contributed by atoms with E-state index in [9.17, 15) is 18.0 Å². The lowest BCUT2D eigenvalue weighted by molar-refractivity contribution is 0.0999. The predicted octanol–water partition coefficient (Wildman–Crippen LogP) is 4.86. The van der Waals surface area contributed by atoms with Crippen molar-refractivity contribution >= 4 is 38.2 Å². The summed E-state index contributed by atoms with van der Waals surface area (Å²) in [6.07, 6.45) is 0.596. The van der Waals surface area contributed by atoms with Crippen molar-refractivity contribution in [1.82, 2.24) is 9.62 Å². The number of nitrogens with two attached hydrogens (primary N) is 1. The molecule has 0 fully saturated rings. The van der Waals surface area contributed by atoms with Crippen molar-refractivity contribution in [1.29, 1.82) is 0 Å². The fraction of sp³-hybridized carbons (Fsp3) is 0.379. The van der Waals surface area contributed by atoms with Crippen LogP contribution in [-0.4, -0.2) is 36.1 Å². The maximum Gasteiger partial charge on any atom is 0.256 e. The number of thiophene rings is 1. The standard InChI is InChI=1S/C29H36N4O4S2/c1-18(2)33(17-19-10-8-7-9-11-19)39(36,37)21-14-12-20(13-15-21)26(35)31-27-23(25(30)34)22-16-28(3,4)32-29(5,6)24(22)38-27/h7-15,18,32H,16-17H2,1-6H3,(H2,30,34)(H,31,35). The summed E-state index contributed by atoms with van der Waals surface area (Å²) in [5.74, 6) is -1.04. The van der Waals surface area contributed by atoms with Crippen LogP contribution in [0.3, 0.4) is 0 Å². The molecule has 0 spiro atoms. The largest absolute Gasteiger partial charge is 0.365 e. The van der Waals surface area contributed by atoms with Crippen molar-refractivity contribution in [3.05, 3.63) is 81.7 Å². The van der Waals surface area contributed by atoms with E-state index in [4.69, 9.17) is 5.73 Å². The molecule has 39 heavy (non-hydrogen) atoms. The molecule has 0 aliphatic carbocycles. The molecule has 2 aromatic carbocycles. The van der Waals surface area contributed by atoms with E-state index in [1.165, 1.54) is 39.9 Å². The molecule has 1 aliphatic rings. The monoisotopic (exact) mass is 568 g/mol. The molecule has 1 aliphatic heterocycles. The van der Waals surface area contributed by atoms with E-state index in [-0.39, 0.29) is 28.6 Å². The van der Waals surface area contributed by atoms with Crippen molar-refractivity contribution in [2.45, 2.75) is 76.5 Å². The number of fused-ring (bicyclic) bond motifs is 1. The van der Waals surface area contributed by atoms with E-state index in [1.54, 1.807) is 0 Å². The first-order chi connectivity index (χ1) is 18.1. The summed E-state index contributed by atoms with van der Waals surface area (Å²) >= 11 is 1.34. The quantitative estimate of drug-likeness (QED) is 0.358. The number of carbonyl (C=O) groups is 2. The molecule has 4 rings (SSSR count). The SMILES string of the molecule is CC(C)N(Cc1ccccc1)S(=O)(=O)c1ccc(C(=O)Nc2sc3c(c2C(N)=O)CC(C)(C)NC3(C)C)cc1. The molecule has 0 radical (unpaired) electrons. The Bertz CT molecular complexity index is 1490. The van der Waals surface area contributed by atoms with Gasteiger partial charge in [-0.05, 0) is 83.4 Å². The summed E-state index contributed by atoms with van der Waals surface area (Å²) in [5, 5.41) is 6.84. The summed E-state index contributed by atoms with van der Waals surface area (Å²) in [5.41, 5.74) is 7.45. The Labute approximate surface area is 234 Å². The predicted molar refractivity (Wildman–Crippen MR) is 155 cm³/mol. The van der Waals surface area contributed by atoms with Crippen LogP contribution in [-0.2, 0) is 28.5 Å². The van der Waals surface area contributed by atoms with Gasteiger partial charge in [-0.1, -0.05) is 30.3 Å². The third-order valence-corrected chi connectivity index (χ3v) is 10.3. The summed E-state index contributed by atoms with van der Waals surface area (Å²) in [6.45, 7) is 12.1. The number of nitrogens with zero attached hydrogens (tertiary/aromatic N) is 1. The van der Waals surface area contributed by atoms with E-state index in [0.717, 1.165) is 16.0 Å². The summed E-state index contributed by atoms with van der Waals surface area (Å²) < 4.78 is 28.4. The van der Waals surface area contributed by atoms with E-state index >= 15 is 0 Å². The van der Waals surface area contributed by atoms with Gasteiger partial charge >= 0.3 is 0 Å². The number of hydrogen-bond acceptors (Lipinski definition) is 6. The highest BCUT2D eigenvalue weighted by Gasteiger charge is 2.41. The van der Waals surface area contributed by atoms with Crippen LogP contribution >= 0.6 is 11.3 Å². The molecular weight excluding hydrogens is 532 g/mol. The number of sulfonamides is 1. The zero-order chi connectivity index (χ0) is 28.8. The van der Waals surface area contributed by atoms with Crippen molar-refractivity contribution in [3.8, 4) is 0 Å². The molecule has 0 atom stereocenters. The van der Waals surface area contributed by atoms with Gasteiger partial charge in [0.2, 0.25) is 10.0 Å². The van der Waals surface area contributed by atoms with Gasteiger partial charge in [-0.2, -0.15) is 4.31 Å². The average molecular weight is 569 g/mol. The first kappa shape index (κ1) is 28.9. The lowest BCUT2D eigenvalue weighted by Crippen LogP contribution is -2.55. The Morgan fingerprint density at radius 3 is 2.23 bits per heavy atom. The normalized spacial score (nSPS) is 16.2. The van der Waals surface area contributed by atoms with Gasteiger partial charge < -0.3 is 16.4 Å². The fourth-order valence-electron chi connectivity index (χ4n) is 5.27. The minimum atomic E-state index is -3.81. The second-order valence-corrected chi connectivity index (χ2v) is 14.3. The van der Waals surface area contributed by atoms with Gasteiger partial charge in [-0.25, -0.2) is 8.42 Å². The van der Waals surface area contributed by atoms with Crippen LogP contribution in [0.25, 0.3) is 0 Å². The van der Waals surface area contributed by atoms with Crippen LogP contribution in [0, 0.1) is 0 Å². The highest BCUT2D eigenvalue weighted by molar-refractivity contribution is 7.89. The molecule has 1 aromatic heterocycles. The molecular formula is C29H36N4O4S2. The zero-order valence-corrected chi connectivity index (χ0v) is 24.8. The second-order valence-electron chi connectivity index (χ2n) is 11.4. The summed E-state index contributed by atoms with van der Waals surface area (Å²) in [7, 11) is -3.81. The van der Waals surface area contributed by atoms with Gasteiger partial charge in [-0.3, -0.25) is 9.59 Å². The Morgan fingerprint density at radius 2 is 1.67 bits per heavy atom. The first-order valence-corrected chi connectivity index (χ1v) is 15.1. The van der Waals surface area contributed by atoms with Crippen LogP contribution in [0.4, 0.5) is 5.00 Å². The zero-order valence-electron chi connectivity index (χ0n) is 23.2. The number of anilines is 1. The number of rotatable bonds is 8. The smallest absolute Gasteiger partial charge is 0.256 e. The minimum absolute atomic E-state index is 0.100. The highest BCUT2D eigenvalue weighted by atomic mass is 32.2. The van der Waals surface area contributed by atoms with Gasteiger partial charge in [0.25, 0.3) is 11.8 Å².